The molecule has 0 unspecified atom stereocenters. The second-order valence-corrected chi connectivity index (χ2v) is 2.01. The zero-order valence-electron chi connectivity index (χ0n) is 7.09. The van der Waals surface area contributed by atoms with Crippen LogP contribution in [0.5, 0.6) is 0 Å². The van der Waals surface area contributed by atoms with Gasteiger partial charge in [-0.25, -0.2) is 4.79 Å². The van der Waals surface area contributed by atoms with Crippen LogP contribution in [0.2, 0.25) is 0 Å². The maximum absolute atomic E-state index is 10.6. The van der Waals surface area contributed by atoms with Crippen molar-refractivity contribution in [3.05, 3.63) is 11.8 Å². The molecular weight excluding hydrogens is 160 g/mol. The molecule has 68 valence electrons. The fourth-order valence-corrected chi connectivity index (χ4v) is 0.578. The van der Waals surface area contributed by atoms with Gasteiger partial charge in [0.05, 0.1) is 7.11 Å². The molecule has 0 bridgehead atoms. The maximum atomic E-state index is 10.6. The summed E-state index contributed by atoms with van der Waals surface area (Å²) in [5.41, 5.74) is 5.01. The maximum Gasteiger partial charge on any atom is 0.411 e. The van der Waals surface area contributed by atoms with Gasteiger partial charge in [0.25, 0.3) is 5.91 Å². The number of nitrogens with one attached hydrogen (secondary N) is 1. The number of ether oxygens (including phenoxy) is 1. The zero-order valence-corrected chi connectivity index (χ0v) is 7.09. The predicted octanol–water partition coefficient (Wildman–Crippen LogP) is 0.122. The fraction of sp³-hybridized carbons (Fsp3) is 0.429. The van der Waals surface area contributed by atoms with E-state index in [9.17, 15) is 9.59 Å². The van der Waals surface area contributed by atoms with Gasteiger partial charge in [-0.1, -0.05) is 13.0 Å². The Balaban J connectivity index is 4.24. The number of methoxy groups -OCH3 is 1. The lowest BCUT2D eigenvalue weighted by Crippen LogP contribution is -2.31. The Morgan fingerprint density at radius 3 is 2.50 bits per heavy atom. The number of hydrogen-bond acceptors (Lipinski definition) is 3. The predicted molar refractivity (Wildman–Crippen MR) is 43.1 cm³/mol. The Bertz CT molecular complexity index is 211. The number of hydrogen-bond donors (Lipinski definition) is 2. The zero-order chi connectivity index (χ0) is 9.56. The molecule has 2 amide bonds. The molecule has 0 aromatic heterocycles. The van der Waals surface area contributed by atoms with Crippen LogP contribution in [-0.2, 0) is 9.53 Å². The van der Waals surface area contributed by atoms with Crippen LogP contribution in [-0.4, -0.2) is 19.1 Å². The minimum Gasteiger partial charge on any atom is -0.453 e. The average molecular weight is 172 g/mol. The molecule has 0 aromatic rings. The van der Waals surface area contributed by atoms with Crippen molar-refractivity contribution in [1.82, 2.24) is 5.32 Å². The first-order valence-electron chi connectivity index (χ1n) is 3.46. The SMILES string of the molecule is CC/C=C(/NC(=O)OC)C(N)=O. The highest BCUT2D eigenvalue weighted by Crippen LogP contribution is 1.91. The molecule has 0 aliphatic carbocycles. The minimum absolute atomic E-state index is 0.0596. The van der Waals surface area contributed by atoms with Gasteiger partial charge in [-0.2, -0.15) is 0 Å². The van der Waals surface area contributed by atoms with E-state index >= 15 is 0 Å². The summed E-state index contributed by atoms with van der Waals surface area (Å²) in [5.74, 6) is -0.678. The van der Waals surface area contributed by atoms with Gasteiger partial charge in [0, 0.05) is 0 Å². The van der Waals surface area contributed by atoms with E-state index in [0.29, 0.717) is 6.42 Å². The molecule has 0 spiro atoms. The second kappa shape index (κ2) is 5.17. The smallest absolute Gasteiger partial charge is 0.411 e. The first-order chi connectivity index (χ1) is 5.61. The van der Waals surface area contributed by atoms with Gasteiger partial charge in [-0.15, -0.1) is 0 Å². The molecule has 0 aliphatic rings. The third-order valence-electron chi connectivity index (χ3n) is 1.10. The number of nitrogens with two attached hydrogens (primary N) is 1. The van der Waals surface area contributed by atoms with Crippen molar-refractivity contribution in [2.24, 2.45) is 5.73 Å². The molecule has 0 fully saturated rings. The van der Waals surface area contributed by atoms with Gasteiger partial charge >= 0.3 is 6.09 Å². The summed E-state index contributed by atoms with van der Waals surface area (Å²) in [6, 6.07) is 0. The quantitative estimate of drug-likeness (QED) is 0.593. The van der Waals surface area contributed by atoms with Crippen LogP contribution in [0.4, 0.5) is 4.79 Å². The molecule has 0 saturated carbocycles. The van der Waals surface area contributed by atoms with E-state index in [0.717, 1.165) is 0 Å². The second-order valence-electron chi connectivity index (χ2n) is 2.01. The third kappa shape index (κ3) is 3.60. The van der Waals surface area contributed by atoms with E-state index < -0.39 is 12.0 Å². The molecule has 0 rings (SSSR count). The van der Waals surface area contributed by atoms with E-state index in [1.165, 1.54) is 13.2 Å². The Labute approximate surface area is 70.6 Å². The molecule has 0 radical (unpaired) electrons. The standard InChI is InChI=1S/C7H12N2O3/c1-3-4-5(6(8)10)9-7(11)12-2/h4H,3H2,1-2H3,(H2,8,10)(H,9,11)/b5-4+. The molecule has 0 atom stereocenters. The van der Waals surface area contributed by atoms with Gasteiger partial charge < -0.3 is 10.5 Å². The van der Waals surface area contributed by atoms with E-state index in [2.05, 4.69) is 10.1 Å². The van der Waals surface area contributed by atoms with Gasteiger partial charge in [-0.3, -0.25) is 10.1 Å². The van der Waals surface area contributed by atoms with Gasteiger partial charge in [0.2, 0.25) is 0 Å². The molecule has 0 saturated heterocycles. The van der Waals surface area contributed by atoms with E-state index in [1.54, 1.807) is 0 Å². The Kier molecular flexibility index (Phi) is 4.52. The third-order valence-corrected chi connectivity index (χ3v) is 1.10. The summed E-state index contributed by atoms with van der Waals surface area (Å²) in [5, 5.41) is 2.19. The fourth-order valence-electron chi connectivity index (χ4n) is 0.578. The molecule has 3 N–H and O–H groups in total. The van der Waals surface area contributed by atoms with Crippen molar-refractivity contribution in [2.45, 2.75) is 13.3 Å². The molecule has 0 heterocycles. The highest BCUT2D eigenvalue weighted by molar-refractivity contribution is 5.94. The number of carbonyl (C=O) groups is 2. The lowest BCUT2D eigenvalue weighted by Gasteiger charge is -2.03. The van der Waals surface area contributed by atoms with Crippen LogP contribution in [0.1, 0.15) is 13.3 Å². The Hall–Kier alpha value is -1.52. The van der Waals surface area contributed by atoms with Crippen LogP contribution in [0, 0.1) is 0 Å². The Morgan fingerprint density at radius 1 is 1.58 bits per heavy atom. The van der Waals surface area contributed by atoms with E-state index in [4.69, 9.17) is 5.73 Å². The van der Waals surface area contributed by atoms with E-state index in [1.807, 2.05) is 6.92 Å². The monoisotopic (exact) mass is 172 g/mol. The number of primary amides is 1. The van der Waals surface area contributed by atoms with E-state index in [-0.39, 0.29) is 5.70 Å². The van der Waals surface area contributed by atoms with Crippen molar-refractivity contribution < 1.29 is 14.3 Å². The van der Waals surface area contributed by atoms with Crippen molar-refractivity contribution in [2.75, 3.05) is 7.11 Å². The summed E-state index contributed by atoms with van der Waals surface area (Å²) < 4.78 is 4.28. The Morgan fingerprint density at radius 2 is 2.17 bits per heavy atom. The number of carbonyl (C=O) groups excluding carboxylic acids is 2. The normalized spacial score (nSPS) is 10.7. The van der Waals surface area contributed by atoms with Crippen LogP contribution >= 0.6 is 0 Å². The molecule has 12 heavy (non-hydrogen) atoms. The van der Waals surface area contributed by atoms with Crippen molar-refractivity contribution in [1.29, 1.82) is 0 Å². The van der Waals surface area contributed by atoms with Crippen molar-refractivity contribution >= 4 is 12.0 Å². The van der Waals surface area contributed by atoms with Gasteiger partial charge in [0.15, 0.2) is 0 Å². The number of rotatable bonds is 3. The van der Waals surface area contributed by atoms with Crippen molar-refractivity contribution in [3.8, 4) is 0 Å². The number of allylic oxidation sites excluding steroid dienone is 1. The van der Waals surface area contributed by atoms with Gasteiger partial charge in [0.1, 0.15) is 5.70 Å². The molecule has 0 aliphatic heterocycles. The number of alkyl carbamates (subject to hydrolysis) is 1. The minimum atomic E-state index is -0.700. The highest BCUT2D eigenvalue weighted by Gasteiger charge is 2.07. The first kappa shape index (κ1) is 10.5. The molecular formula is C7H12N2O3. The first-order valence-corrected chi connectivity index (χ1v) is 3.46. The van der Waals surface area contributed by atoms with Crippen LogP contribution < -0.4 is 11.1 Å². The van der Waals surface area contributed by atoms with Gasteiger partial charge in [-0.05, 0) is 6.42 Å². The van der Waals surface area contributed by atoms with Crippen molar-refractivity contribution in [3.63, 3.8) is 0 Å². The summed E-state index contributed by atoms with van der Waals surface area (Å²) in [6.07, 6.45) is 1.43. The van der Waals surface area contributed by atoms with Crippen LogP contribution in [0.15, 0.2) is 11.8 Å². The molecule has 5 heteroatoms. The lowest BCUT2D eigenvalue weighted by molar-refractivity contribution is -0.114. The average Bonchev–Trinajstić information content (AvgIpc) is 2.03. The number of amides is 2. The highest BCUT2D eigenvalue weighted by atomic mass is 16.5. The van der Waals surface area contributed by atoms with Crippen LogP contribution in [0.3, 0.4) is 0 Å². The molecule has 0 aromatic carbocycles. The summed E-state index contributed by atoms with van der Waals surface area (Å²) in [4.78, 5) is 21.2. The largest absolute Gasteiger partial charge is 0.453 e. The van der Waals surface area contributed by atoms with Crippen LogP contribution in [0.25, 0.3) is 0 Å². The lowest BCUT2D eigenvalue weighted by atomic mass is 10.3. The summed E-state index contributed by atoms with van der Waals surface area (Å²) in [6.45, 7) is 1.82. The molecule has 5 nitrogen and oxygen atoms in total. The topological polar surface area (TPSA) is 81.4 Å². The summed E-state index contributed by atoms with van der Waals surface area (Å²) in [7, 11) is 1.21. The summed E-state index contributed by atoms with van der Waals surface area (Å²) >= 11 is 0.